The lowest BCUT2D eigenvalue weighted by Crippen LogP contribution is -2.28. The summed E-state index contributed by atoms with van der Waals surface area (Å²) < 4.78 is 18.4. The fourth-order valence-corrected chi connectivity index (χ4v) is 2.98. The van der Waals surface area contributed by atoms with Gasteiger partial charge in [-0.15, -0.1) is 0 Å². The Balaban J connectivity index is 1.78. The van der Waals surface area contributed by atoms with Gasteiger partial charge in [-0.3, -0.25) is 0 Å². The maximum absolute atomic E-state index is 13.2. The summed E-state index contributed by atoms with van der Waals surface area (Å²) in [7, 11) is 0. The topological polar surface area (TPSA) is 67.2 Å². The van der Waals surface area contributed by atoms with Gasteiger partial charge in [-0.25, -0.2) is 9.18 Å². The van der Waals surface area contributed by atoms with E-state index >= 15 is 0 Å². The zero-order chi connectivity index (χ0) is 18.7. The van der Waals surface area contributed by atoms with Crippen molar-refractivity contribution in [1.29, 1.82) is 0 Å². The predicted octanol–water partition coefficient (Wildman–Crippen LogP) is 5.42. The minimum Gasteiger partial charge on any atom is -0.359 e. The summed E-state index contributed by atoms with van der Waals surface area (Å²) >= 11 is 12.4. The summed E-state index contributed by atoms with van der Waals surface area (Å²) in [5.41, 5.74) is 1.79. The molecule has 0 aliphatic heterocycles. The maximum atomic E-state index is 13.2. The summed E-state index contributed by atoms with van der Waals surface area (Å²) in [4.78, 5) is 12.2. The number of aryl methyl sites for hydroxylation is 1. The molecular formula is C18H14Cl2FN3O2. The van der Waals surface area contributed by atoms with Crippen LogP contribution in [0.3, 0.4) is 0 Å². The Hall–Kier alpha value is -2.57. The number of nitrogens with one attached hydrogen (secondary N) is 2. The number of hydrogen-bond acceptors (Lipinski definition) is 3. The molecule has 2 amide bonds. The highest BCUT2D eigenvalue weighted by Crippen LogP contribution is 2.39. The van der Waals surface area contributed by atoms with Crippen molar-refractivity contribution < 1.29 is 13.7 Å². The molecule has 0 radical (unpaired) electrons. The molecule has 0 saturated heterocycles. The van der Waals surface area contributed by atoms with Crippen molar-refractivity contribution in [1.82, 2.24) is 10.5 Å². The van der Waals surface area contributed by atoms with E-state index in [1.165, 1.54) is 12.1 Å². The molecule has 3 rings (SSSR count). The van der Waals surface area contributed by atoms with Gasteiger partial charge in [-0.2, -0.15) is 0 Å². The standard InChI is InChI=1S/C18H14Cl2FN3O2/c1-10-16(17(24-26-10)15-13(19)6-3-7-14(15)20)23-18(25)22-9-11-4-2-5-12(21)8-11/h2-8H,9H2,1H3,(H2,22,23,25). The summed E-state index contributed by atoms with van der Waals surface area (Å²) in [6.45, 7) is 1.82. The van der Waals surface area contributed by atoms with Gasteiger partial charge in [0.1, 0.15) is 17.2 Å². The van der Waals surface area contributed by atoms with Gasteiger partial charge in [-0.05, 0) is 36.8 Å². The third-order valence-electron chi connectivity index (χ3n) is 3.64. The first-order valence-corrected chi connectivity index (χ1v) is 8.41. The number of carbonyl (C=O) groups excluding carboxylic acids is 1. The van der Waals surface area contributed by atoms with Crippen molar-refractivity contribution in [2.24, 2.45) is 0 Å². The Morgan fingerprint density at radius 2 is 1.88 bits per heavy atom. The molecule has 0 aliphatic carbocycles. The van der Waals surface area contributed by atoms with Crippen molar-refractivity contribution in [2.45, 2.75) is 13.5 Å². The highest BCUT2D eigenvalue weighted by molar-refractivity contribution is 6.39. The van der Waals surface area contributed by atoms with Crippen molar-refractivity contribution >= 4 is 34.9 Å². The second-order valence-electron chi connectivity index (χ2n) is 5.50. The minimum absolute atomic E-state index is 0.163. The minimum atomic E-state index is -0.495. The van der Waals surface area contributed by atoms with Crippen LogP contribution in [-0.2, 0) is 6.54 Å². The summed E-state index contributed by atoms with van der Waals surface area (Å²) in [6, 6.07) is 10.5. The van der Waals surface area contributed by atoms with Gasteiger partial charge in [0.15, 0.2) is 5.76 Å². The highest BCUT2D eigenvalue weighted by atomic mass is 35.5. The molecule has 5 nitrogen and oxygen atoms in total. The molecule has 1 heterocycles. The molecule has 1 aromatic heterocycles. The molecule has 26 heavy (non-hydrogen) atoms. The number of benzene rings is 2. The Morgan fingerprint density at radius 1 is 1.19 bits per heavy atom. The molecule has 0 aliphatic rings. The molecule has 2 aromatic carbocycles. The highest BCUT2D eigenvalue weighted by Gasteiger charge is 2.21. The van der Waals surface area contributed by atoms with E-state index in [1.807, 2.05) is 0 Å². The molecule has 8 heteroatoms. The van der Waals surface area contributed by atoms with Crippen LogP contribution in [0.2, 0.25) is 10.0 Å². The van der Waals surface area contributed by atoms with Crippen LogP contribution in [0.25, 0.3) is 11.3 Å². The first-order valence-electron chi connectivity index (χ1n) is 7.65. The monoisotopic (exact) mass is 393 g/mol. The molecular weight excluding hydrogens is 380 g/mol. The Labute approximate surface area is 159 Å². The number of anilines is 1. The fraction of sp³-hybridized carbons (Fsp3) is 0.111. The van der Waals surface area contributed by atoms with Gasteiger partial charge in [0, 0.05) is 12.1 Å². The van der Waals surface area contributed by atoms with Gasteiger partial charge >= 0.3 is 6.03 Å². The van der Waals surface area contributed by atoms with E-state index in [4.69, 9.17) is 27.7 Å². The molecule has 0 atom stereocenters. The summed E-state index contributed by atoms with van der Waals surface area (Å²) in [5.74, 6) is 0.0344. The zero-order valence-electron chi connectivity index (χ0n) is 13.6. The quantitative estimate of drug-likeness (QED) is 0.621. The van der Waals surface area contributed by atoms with Crippen LogP contribution in [0.15, 0.2) is 47.0 Å². The van der Waals surface area contributed by atoms with E-state index < -0.39 is 6.03 Å². The van der Waals surface area contributed by atoms with Gasteiger partial charge in [0.25, 0.3) is 0 Å². The van der Waals surface area contributed by atoms with E-state index in [1.54, 1.807) is 37.3 Å². The largest absolute Gasteiger partial charge is 0.359 e. The van der Waals surface area contributed by atoms with Crippen LogP contribution in [0.4, 0.5) is 14.9 Å². The van der Waals surface area contributed by atoms with E-state index in [0.29, 0.717) is 38.3 Å². The third-order valence-corrected chi connectivity index (χ3v) is 4.27. The van der Waals surface area contributed by atoms with Crippen LogP contribution >= 0.6 is 23.2 Å². The molecule has 134 valence electrons. The van der Waals surface area contributed by atoms with Gasteiger partial charge < -0.3 is 15.2 Å². The van der Waals surface area contributed by atoms with Crippen molar-refractivity contribution in [3.63, 3.8) is 0 Å². The lowest BCUT2D eigenvalue weighted by Gasteiger charge is -2.09. The van der Waals surface area contributed by atoms with E-state index in [0.717, 1.165) is 0 Å². The first kappa shape index (κ1) is 18.2. The number of amides is 2. The normalized spacial score (nSPS) is 10.6. The molecule has 2 N–H and O–H groups in total. The maximum Gasteiger partial charge on any atom is 0.319 e. The van der Waals surface area contributed by atoms with E-state index in [9.17, 15) is 9.18 Å². The average molecular weight is 394 g/mol. The predicted molar refractivity (Wildman–Crippen MR) is 99.0 cm³/mol. The average Bonchev–Trinajstić information content (AvgIpc) is 2.94. The van der Waals surface area contributed by atoms with Crippen LogP contribution in [0.5, 0.6) is 0 Å². The number of halogens is 3. The Kier molecular flexibility index (Phi) is 5.44. The molecule has 3 aromatic rings. The Bertz CT molecular complexity index is 939. The van der Waals surface area contributed by atoms with Gasteiger partial charge in [-0.1, -0.05) is 46.6 Å². The summed E-state index contributed by atoms with van der Waals surface area (Å²) in [6.07, 6.45) is 0. The number of urea groups is 1. The Morgan fingerprint density at radius 3 is 2.58 bits per heavy atom. The second kappa shape index (κ2) is 7.76. The second-order valence-corrected chi connectivity index (χ2v) is 6.31. The number of carbonyl (C=O) groups is 1. The van der Waals surface area contributed by atoms with Crippen LogP contribution in [0.1, 0.15) is 11.3 Å². The lowest BCUT2D eigenvalue weighted by molar-refractivity contribution is 0.251. The zero-order valence-corrected chi connectivity index (χ0v) is 15.2. The van der Waals surface area contributed by atoms with E-state index in [2.05, 4.69) is 15.8 Å². The van der Waals surface area contributed by atoms with Crippen LogP contribution in [-0.4, -0.2) is 11.2 Å². The van der Waals surface area contributed by atoms with E-state index in [-0.39, 0.29) is 12.4 Å². The third kappa shape index (κ3) is 3.98. The van der Waals surface area contributed by atoms with Crippen LogP contribution < -0.4 is 10.6 Å². The molecule has 0 unspecified atom stereocenters. The van der Waals surface area contributed by atoms with Crippen LogP contribution in [0, 0.1) is 12.7 Å². The van der Waals surface area contributed by atoms with Crippen molar-refractivity contribution in [2.75, 3.05) is 5.32 Å². The number of nitrogens with zero attached hydrogens (tertiary/aromatic N) is 1. The SMILES string of the molecule is Cc1onc(-c2c(Cl)cccc2Cl)c1NC(=O)NCc1cccc(F)c1. The van der Waals surface area contributed by atoms with Gasteiger partial charge in [0.05, 0.1) is 10.0 Å². The number of hydrogen-bond donors (Lipinski definition) is 2. The van der Waals surface area contributed by atoms with Crippen molar-refractivity contribution in [3.8, 4) is 11.3 Å². The number of aromatic nitrogens is 1. The van der Waals surface area contributed by atoms with Crippen molar-refractivity contribution in [3.05, 3.63) is 69.7 Å². The molecule has 0 bridgehead atoms. The van der Waals surface area contributed by atoms with Gasteiger partial charge in [0.2, 0.25) is 0 Å². The fourth-order valence-electron chi connectivity index (χ4n) is 2.40. The molecule has 0 spiro atoms. The smallest absolute Gasteiger partial charge is 0.319 e. The number of rotatable bonds is 4. The molecule has 0 saturated carbocycles. The molecule has 0 fully saturated rings. The summed E-state index contributed by atoms with van der Waals surface area (Å²) in [5, 5.41) is 10.0. The lowest BCUT2D eigenvalue weighted by atomic mass is 10.1. The first-order chi connectivity index (χ1) is 12.5.